The Morgan fingerprint density at radius 1 is 1.11 bits per heavy atom. The average Bonchev–Trinajstić information content (AvgIpc) is 3.33. The summed E-state index contributed by atoms with van der Waals surface area (Å²) < 4.78 is 9.60. The second-order valence-corrected chi connectivity index (χ2v) is 6.59. The third kappa shape index (κ3) is 3.57. The fourth-order valence-corrected chi connectivity index (χ4v) is 3.08. The van der Waals surface area contributed by atoms with Gasteiger partial charge >= 0.3 is 0 Å². The summed E-state index contributed by atoms with van der Waals surface area (Å²) in [5.74, 6) is 0.804. The van der Waals surface area contributed by atoms with Gasteiger partial charge in [-0.2, -0.15) is 5.10 Å². The molecule has 0 fully saturated rings. The van der Waals surface area contributed by atoms with Crippen molar-refractivity contribution < 1.29 is 4.74 Å². The fourth-order valence-electron chi connectivity index (χ4n) is 3.08. The fraction of sp³-hybridized carbons (Fsp3) is 0.238. The van der Waals surface area contributed by atoms with Gasteiger partial charge in [0, 0.05) is 25.5 Å². The van der Waals surface area contributed by atoms with Gasteiger partial charge in [-0.1, -0.05) is 18.2 Å². The average molecular weight is 374 g/mol. The number of aliphatic imine (C=N–C) groups is 1. The zero-order valence-electron chi connectivity index (χ0n) is 16.2. The molecule has 142 valence electrons. The molecule has 0 unspecified atom stereocenters. The number of hydrogen-bond donors (Lipinski definition) is 0. The molecular formula is C21H22N6O. The van der Waals surface area contributed by atoms with E-state index in [1.807, 2.05) is 26.4 Å². The topological polar surface area (TPSA) is 70.1 Å². The highest BCUT2D eigenvalue weighted by molar-refractivity contribution is 6.01. The molecule has 0 aliphatic heterocycles. The quantitative estimate of drug-likeness (QED) is 0.486. The zero-order valence-corrected chi connectivity index (χ0v) is 16.2. The summed E-state index contributed by atoms with van der Waals surface area (Å²) in [5, 5.41) is 4.05. The van der Waals surface area contributed by atoms with E-state index in [-0.39, 0.29) is 0 Å². The monoisotopic (exact) mass is 374 g/mol. The Kier molecular flexibility index (Phi) is 4.99. The molecule has 2 heterocycles. The normalized spacial score (nSPS) is 12.0. The number of fused-ring (bicyclic) bond motifs is 1. The first-order valence-electron chi connectivity index (χ1n) is 9.06. The molecule has 0 saturated heterocycles. The van der Waals surface area contributed by atoms with E-state index in [0.717, 1.165) is 39.4 Å². The molecule has 0 amide bonds. The molecule has 28 heavy (non-hydrogen) atoms. The van der Waals surface area contributed by atoms with E-state index < -0.39 is 0 Å². The van der Waals surface area contributed by atoms with Crippen molar-refractivity contribution in [2.75, 3.05) is 7.05 Å². The summed E-state index contributed by atoms with van der Waals surface area (Å²) in [5.41, 5.74) is 6.24. The molecule has 0 spiro atoms. The third-order valence-electron chi connectivity index (χ3n) is 4.79. The lowest BCUT2D eigenvalue weighted by molar-refractivity contribution is 0.0993. The van der Waals surface area contributed by atoms with Crippen LogP contribution in [0.3, 0.4) is 0 Å². The summed E-state index contributed by atoms with van der Waals surface area (Å²) in [7, 11) is 3.66. The van der Waals surface area contributed by atoms with Gasteiger partial charge in [0.05, 0.1) is 17.6 Å². The van der Waals surface area contributed by atoms with Crippen molar-refractivity contribution in [2.24, 2.45) is 12.0 Å². The molecule has 0 saturated carbocycles. The molecule has 0 aliphatic carbocycles. The molecule has 0 aliphatic rings. The molecule has 4 rings (SSSR count). The second-order valence-electron chi connectivity index (χ2n) is 6.59. The van der Waals surface area contributed by atoms with Crippen LogP contribution in [-0.2, 0) is 25.0 Å². The summed E-state index contributed by atoms with van der Waals surface area (Å²) >= 11 is 0. The van der Waals surface area contributed by atoms with Gasteiger partial charge in [-0.25, -0.2) is 9.97 Å². The van der Waals surface area contributed by atoms with Crippen LogP contribution in [0.1, 0.15) is 23.9 Å². The molecule has 2 aromatic heterocycles. The number of nitrogens with zero attached hydrogens (tertiary/aromatic N) is 6. The van der Waals surface area contributed by atoms with Crippen LogP contribution >= 0.6 is 0 Å². The number of aromatic nitrogens is 5. The van der Waals surface area contributed by atoms with Crippen LogP contribution in [0.2, 0.25) is 0 Å². The van der Waals surface area contributed by atoms with Crippen molar-refractivity contribution >= 4 is 16.7 Å². The number of imidazole rings is 1. The summed E-state index contributed by atoms with van der Waals surface area (Å²) in [4.78, 5) is 13.0. The van der Waals surface area contributed by atoms with Crippen LogP contribution < -0.4 is 0 Å². The molecule has 0 radical (unpaired) electrons. The highest BCUT2D eigenvalue weighted by atomic mass is 16.5. The summed E-state index contributed by atoms with van der Waals surface area (Å²) in [6.45, 7) is 2.93. The van der Waals surface area contributed by atoms with Gasteiger partial charge < -0.3 is 4.74 Å². The van der Waals surface area contributed by atoms with Gasteiger partial charge in [0.25, 0.3) is 0 Å². The zero-order chi connectivity index (χ0) is 19.5. The van der Waals surface area contributed by atoms with Crippen LogP contribution in [0.5, 0.6) is 0 Å². The number of benzene rings is 2. The van der Waals surface area contributed by atoms with Crippen LogP contribution in [0.15, 0.2) is 60.1 Å². The van der Waals surface area contributed by atoms with E-state index >= 15 is 0 Å². The van der Waals surface area contributed by atoms with Crippen molar-refractivity contribution in [3.63, 3.8) is 0 Å². The van der Waals surface area contributed by atoms with Crippen molar-refractivity contribution in [3.05, 3.63) is 72.1 Å². The molecule has 0 bridgehead atoms. The Labute approximate surface area is 163 Å². The van der Waals surface area contributed by atoms with E-state index in [2.05, 4.69) is 61.0 Å². The molecule has 0 atom stereocenters. The predicted molar refractivity (Wildman–Crippen MR) is 109 cm³/mol. The molecule has 4 aromatic rings. The van der Waals surface area contributed by atoms with Crippen molar-refractivity contribution in [3.8, 4) is 5.69 Å². The lowest BCUT2D eigenvalue weighted by Crippen LogP contribution is -2.03. The minimum atomic E-state index is 0.426. The minimum absolute atomic E-state index is 0.426. The Balaban J connectivity index is 1.54. The van der Waals surface area contributed by atoms with E-state index in [9.17, 15) is 0 Å². The third-order valence-corrected chi connectivity index (χ3v) is 4.79. The van der Waals surface area contributed by atoms with E-state index in [1.54, 1.807) is 11.7 Å². The van der Waals surface area contributed by atoms with Crippen molar-refractivity contribution in [1.29, 1.82) is 0 Å². The van der Waals surface area contributed by atoms with Gasteiger partial charge in [-0.3, -0.25) is 14.2 Å². The molecule has 7 heteroatoms. The number of ether oxygens (including phenoxy) is 1. The smallest absolute Gasteiger partial charge is 0.152 e. The van der Waals surface area contributed by atoms with E-state index in [1.165, 1.54) is 6.33 Å². The number of rotatable bonds is 6. The van der Waals surface area contributed by atoms with Crippen LogP contribution in [0.25, 0.3) is 16.7 Å². The largest absolute Gasteiger partial charge is 0.369 e. The van der Waals surface area contributed by atoms with Gasteiger partial charge in [0.2, 0.25) is 0 Å². The number of hydrogen-bond acceptors (Lipinski definition) is 5. The molecule has 2 aromatic carbocycles. The SMILES string of the molecule is C/N=C(\C)c1ccc2c(c1)ncn2-c1cccc(COCc2ncnn2C)c1. The van der Waals surface area contributed by atoms with Gasteiger partial charge in [-0.15, -0.1) is 0 Å². The Morgan fingerprint density at radius 3 is 2.79 bits per heavy atom. The van der Waals surface area contributed by atoms with Crippen LogP contribution in [0.4, 0.5) is 0 Å². The van der Waals surface area contributed by atoms with E-state index in [4.69, 9.17) is 4.74 Å². The maximum Gasteiger partial charge on any atom is 0.152 e. The first kappa shape index (κ1) is 18.1. The van der Waals surface area contributed by atoms with Gasteiger partial charge in [0.1, 0.15) is 19.3 Å². The van der Waals surface area contributed by atoms with E-state index in [0.29, 0.717) is 13.2 Å². The first-order chi connectivity index (χ1) is 13.7. The van der Waals surface area contributed by atoms with Gasteiger partial charge in [-0.05, 0) is 42.3 Å². The second kappa shape index (κ2) is 7.74. The maximum atomic E-state index is 5.80. The lowest BCUT2D eigenvalue weighted by atomic mass is 10.1. The van der Waals surface area contributed by atoms with Crippen LogP contribution in [0, 0.1) is 0 Å². The summed E-state index contributed by atoms with van der Waals surface area (Å²) in [6, 6.07) is 14.5. The molecule has 0 N–H and O–H groups in total. The Morgan fingerprint density at radius 2 is 2.00 bits per heavy atom. The molecular weight excluding hydrogens is 352 g/mol. The first-order valence-corrected chi connectivity index (χ1v) is 9.06. The highest BCUT2D eigenvalue weighted by Gasteiger charge is 2.08. The van der Waals surface area contributed by atoms with Crippen molar-refractivity contribution in [1.82, 2.24) is 24.3 Å². The Bertz CT molecular complexity index is 1140. The minimum Gasteiger partial charge on any atom is -0.369 e. The Hall–Kier alpha value is -3.32. The maximum absolute atomic E-state index is 5.80. The number of aryl methyl sites for hydroxylation is 1. The van der Waals surface area contributed by atoms with Crippen molar-refractivity contribution in [2.45, 2.75) is 20.1 Å². The van der Waals surface area contributed by atoms with Gasteiger partial charge in [0.15, 0.2) is 5.82 Å². The highest BCUT2D eigenvalue weighted by Crippen LogP contribution is 2.21. The molecule has 7 nitrogen and oxygen atoms in total. The van der Waals surface area contributed by atoms with Crippen LogP contribution in [-0.4, -0.2) is 37.1 Å². The standard InChI is InChI=1S/C21H22N6O/c1-15(22-2)17-7-8-20-19(10-17)24-14-27(20)18-6-4-5-16(9-18)11-28-12-21-23-13-25-26(21)3/h4-10,13-14H,11-12H2,1-3H3/b22-15+. The lowest BCUT2D eigenvalue weighted by Gasteiger charge is -2.09. The predicted octanol–water partition coefficient (Wildman–Crippen LogP) is 3.31. The summed E-state index contributed by atoms with van der Waals surface area (Å²) in [6.07, 6.45) is 3.38.